The third-order valence-electron chi connectivity index (χ3n) is 6.49. The molecule has 0 aromatic heterocycles. The summed E-state index contributed by atoms with van der Waals surface area (Å²) in [5.41, 5.74) is 1.20. The van der Waals surface area contributed by atoms with Crippen molar-refractivity contribution in [3.05, 3.63) is 35.9 Å². The molecule has 3 heterocycles. The Hall–Kier alpha value is -1.43. The molecular weight excluding hydrogens is 314 g/mol. The number of nitrogens with zero attached hydrogens (tertiary/aromatic N) is 2. The largest absolute Gasteiger partial charge is 0.396 e. The second kappa shape index (κ2) is 7.06. The maximum Gasteiger partial charge on any atom is 0.236 e. The Morgan fingerprint density at radius 2 is 1.96 bits per heavy atom. The van der Waals surface area contributed by atoms with Crippen LogP contribution in [-0.2, 0) is 11.2 Å². The molecule has 3 aliphatic heterocycles. The smallest absolute Gasteiger partial charge is 0.236 e. The fourth-order valence-corrected chi connectivity index (χ4v) is 5.25. The highest BCUT2D eigenvalue weighted by Gasteiger charge is 2.55. The van der Waals surface area contributed by atoms with Crippen molar-refractivity contribution >= 4 is 5.91 Å². The highest BCUT2D eigenvalue weighted by Crippen LogP contribution is 2.51. The van der Waals surface area contributed by atoms with E-state index in [1.54, 1.807) is 0 Å². The summed E-state index contributed by atoms with van der Waals surface area (Å²) < 4.78 is 0. The maximum atomic E-state index is 12.7. The van der Waals surface area contributed by atoms with E-state index in [9.17, 15) is 9.90 Å². The number of aliphatic hydroxyl groups is 1. The number of carbonyl (C=O) groups excluding carboxylic acids is 1. The normalized spacial score (nSPS) is 32.3. The Morgan fingerprint density at radius 1 is 1.20 bits per heavy atom. The molecule has 5 heteroatoms. The molecule has 3 atom stereocenters. The number of hydrogen-bond acceptors (Lipinski definition) is 4. The summed E-state index contributed by atoms with van der Waals surface area (Å²) >= 11 is 0. The molecule has 0 aliphatic carbocycles. The molecule has 0 radical (unpaired) electrons. The standard InChI is InChI=1S/C20H29N3O2/c24-15-20(12-16-4-2-1-3-5-16)13-17-6-7-18(20)23(17)14-19(25)22-10-8-21-9-11-22/h1-5,17-18,21,24H,6-15H2/t17-,18+,20-/m1/s1. The number of hydrogen-bond donors (Lipinski definition) is 2. The van der Waals surface area contributed by atoms with Gasteiger partial charge in [0, 0.05) is 43.7 Å². The predicted molar refractivity (Wildman–Crippen MR) is 97.2 cm³/mol. The first-order valence-corrected chi connectivity index (χ1v) is 9.61. The van der Waals surface area contributed by atoms with E-state index >= 15 is 0 Å². The van der Waals surface area contributed by atoms with Gasteiger partial charge in [0.1, 0.15) is 0 Å². The van der Waals surface area contributed by atoms with Crippen molar-refractivity contribution in [1.82, 2.24) is 15.1 Å². The zero-order valence-corrected chi connectivity index (χ0v) is 14.9. The van der Waals surface area contributed by atoms with Gasteiger partial charge >= 0.3 is 0 Å². The molecule has 0 saturated carbocycles. The van der Waals surface area contributed by atoms with Gasteiger partial charge in [-0.05, 0) is 31.2 Å². The van der Waals surface area contributed by atoms with E-state index < -0.39 is 0 Å². The van der Waals surface area contributed by atoms with E-state index in [4.69, 9.17) is 0 Å². The Bertz CT molecular complexity index is 602. The zero-order chi connectivity index (χ0) is 17.3. The Morgan fingerprint density at radius 3 is 2.68 bits per heavy atom. The number of aliphatic hydroxyl groups excluding tert-OH is 1. The summed E-state index contributed by atoms with van der Waals surface area (Å²) in [6, 6.07) is 11.3. The molecule has 5 nitrogen and oxygen atoms in total. The first-order chi connectivity index (χ1) is 12.2. The van der Waals surface area contributed by atoms with Gasteiger partial charge in [-0.15, -0.1) is 0 Å². The van der Waals surface area contributed by atoms with Crippen LogP contribution >= 0.6 is 0 Å². The van der Waals surface area contributed by atoms with Crippen LogP contribution in [0.4, 0.5) is 0 Å². The molecule has 3 aliphatic rings. The summed E-state index contributed by atoms with van der Waals surface area (Å²) in [5, 5.41) is 13.6. The monoisotopic (exact) mass is 343 g/mol. The minimum atomic E-state index is -0.0893. The number of amides is 1. The van der Waals surface area contributed by atoms with E-state index in [1.807, 2.05) is 11.0 Å². The number of piperazine rings is 1. The topological polar surface area (TPSA) is 55.8 Å². The molecule has 25 heavy (non-hydrogen) atoms. The molecule has 3 fully saturated rings. The van der Waals surface area contributed by atoms with Gasteiger partial charge < -0.3 is 15.3 Å². The quantitative estimate of drug-likeness (QED) is 0.833. The molecule has 1 aromatic rings. The highest BCUT2D eigenvalue weighted by atomic mass is 16.3. The van der Waals surface area contributed by atoms with Crippen molar-refractivity contribution in [2.45, 2.75) is 37.8 Å². The number of fused-ring (bicyclic) bond motifs is 2. The van der Waals surface area contributed by atoms with Gasteiger partial charge in [0.2, 0.25) is 5.91 Å². The van der Waals surface area contributed by atoms with Gasteiger partial charge in [0.05, 0.1) is 13.2 Å². The lowest BCUT2D eigenvalue weighted by Gasteiger charge is -2.37. The molecule has 2 bridgehead atoms. The molecule has 0 unspecified atom stereocenters. The zero-order valence-electron chi connectivity index (χ0n) is 14.9. The highest BCUT2D eigenvalue weighted by molar-refractivity contribution is 5.78. The van der Waals surface area contributed by atoms with E-state index in [1.165, 1.54) is 5.56 Å². The van der Waals surface area contributed by atoms with Crippen molar-refractivity contribution in [3.63, 3.8) is 0 Å². The van der Waals surface area contributed by atoms with Crippen molar-refractivity contribution in [2.75, 3.05) is 39.3 Å². The lowest BCUT2D eigenvalue weighted by atomic mass is 9.70. The lowest BCUT2D eigenvalue weighted by molar-refractivity contribution is -0.133. The Kier molecular flexibility index (Phi) is 4.80. The van der Waals surface area contributed by atoms with Crippen LogP contribution in [0.5, 0.6) is 0 Å². The molecule has 136 valence electrons. The van der Waals surface area contributed by atoms with Crippen molar-refractivity contribution in [3.8, 4) is 0 Å². The molecule has 3 saturated heterocycles. The summed E-state index contributed by atoms with van der Waals surface area (Å²) in [4.78, 5) is 17.1. The third kappa shape index (κ3) is 3.21. The first kappa shape index (κ1) is 17.0. The minimum Gasteiger partial charge on any atom is -0.396 e. The van der Waals surface area contributed by atoms with Crippen molar-refractivity contribution in [1.29, 1.82) is 0 Å². The SMILES string of the molecule is O=C(CN1[C@@H]2CC[C@H]1[C@](CO)(Cc1ccccc1)C2)N1CCNCC1. The van der Waals surface area contributed by atoms with Gasteiger partial charge in [-0.1, -0.05) is 30.3 Å². The average Bonchev–Trinajstić information content (AvgIpc) is 3.18. The van der Waals surface area contributed by atoms with E-state index in [-0.39, 0.29) is 17.9 Å². The van der Waals surface area contributed by atoms with Crippen LogP contribution in [0, 0.1) is 5.41 Å². The van der Waals surface area contributed by atoms with E-state index in [2.05, 4.69) is 34.5 Å². The van der Waals surface area contributed by atoms with Crippen LogP contribution in [0.1, 0.15) is 24.8 Å². The van der Waals surface area contributed by atoms with Crippen LogP contribution in [0.2, 0.25) is 0 Å². The van der Waals surface area contributed by atoms with Gasteiger partial charge in [0.15, 0.2) is 0 Å². The van der Waals surface area contributed by atoms with Gasteiger partial charge in [-0.2, -0.15) is 0 Å². The summed E-state index contributed by atoms with van der Waals surface area (Å²) in [7, 11) is 0. The molecule has 1 amide bonds. The number of benzene rings is 1. The first-order valence-electron chi connectivity index (χ1n) is 9.61. The molecule has 0 spiro atoms. The van der Waals surface area contributed by atoms with Crippen molar-refractivity contribution in [2.24, 2.45) is 5.41 Å². The molecule has 4 rings (SSSR count). The average molecular weight is 343 g/mol. The predicted octanol–water partition coefficient (Wildman–Crippen LogP) is 0.876. The number of carbonyl (C=O) groups is 1. The fraction of sp³-hybridized carbons (Fsp3) is 0.650. The Labute approximate surface area is 150 Å². The lowest BCUT2D eigenvalue weighted by Crippen LogP contribution is -2.51. The van der Waals surface area contributed by atoms with Crippen LogP contribution < -0.4 is 5.32 Å². The number of rotatable bonds is 5. The Balaban J connectivity index is 1.47. The maximum absolute atomic E-state index is 12.7. The van der Waals surface area contributed by atoms with Crippen LogP contribution in [0.25, 0.3) is 0 Å². The number of nitrogens with one attached hydrogen (secondary N) is 1. The van der Waals surface area contributed by atoms with Crippen molar-refractivity contribution < 1.29 is 9.90 Å². The summed E-state index contributed by atoms with van der Waals surface area (Å²) in [5.74, 6) is 0.256. The third-order valence-corrected chi connectivity index (χ3v) is 6.49. The second-order valence-corrected chi connectivity index (χ2v) is 7.94. The molecule has 2 N–H and O–H groups in total. The van der Waals surface area contributed by atoms with Gasteiger partial charge in [0.25, 0.3) is 0 Å². The second-order valence-electron chi connectivity index (χ2n) is 7.94. The van der Waals surface area contributed by atoms with E-state index in [0.29, 0.717) is 18.6 Å². The van der Waals surface area contributed by atoms with Crippen LogP contribution in [0.3, 0.4) is 0 Å². The van der Waals surface area contributed by atoms with Gasteiger partial charge in [-0.3, -0.25) is 9.69 Å². The van der Waals surface area contributed by atoms with Crippen LogP contribution in [0.15, 0.2) is 30.3 Å². The van der Waals surface area contributed by atoms with Crippen LogP contribution in [-0.4, -0.2) is 72.2 Å². The van der Waals surface area contributed by atoms with Gasteiger partial charge in [-0.25, -0.2) is 0 Å². The van der Waals surface area contributed by atoms with E-state index in [0.717, 1.165) is 51.9 Å². The summed E-state index contributed by atoms with van der Waals surface area (Å²) in [6.45, 7) is 4.15. The fourth-order valence-electron chi connectivity index (χ4n) is 5.25. The minimum absolute atomic E-state index is 0.0893. The summed E-state index contributed by atoms with van der Waals surface area (Å²) in [6.07, 6.45) is 4.19. The molecule has 1 aromatic carbocycles. The molecular formula is C20H29N3O2.